The van der Waals surface area contributed by atoms with Crippen LogP contribution in [0.2, 0.25) is 5.02 Å². The summed E-state index contributed by atoms with van der Waals surface area (Å²) in [6.07, 6.45) is 3.73. The molecule has 1 aliphatic heterocycles. The number of likely N-dealkylation sites (tertiary alicyclic amines) is 1. The highest BCUT2D eigenvalue weighted by Gasteiger charge is 2.19. The Labute approximate surface area is 118 Å². The van der Waals surface area contributed by atoms with Crippen LogP contribution in [-0.2, 0) is 0 Å². The number of piperidine rings is 1. The van der Waals surface area contributed by atoms with Gasteiger partial charge in [-0.05, 0) is 38.4 Å². The zero-order chi connectivity index (χ0) is 13.8. The minimum absolute atomic E-state index is 0.188. The van der Waals surface area contributed by atoms with Crippen LogP contribution in [0.1, 0.15) is 23.2 Å². The van der Waals surface area contributed by atoms with Crippen LogP contribution >= 0.6 is 11.6 Å². The molecule has 1 aromatic rings. The smallest absolute Gasteiger partial charge is 0.253 e. The number of halogens is 1. The Morgan fingerprint density at radius 1 is 1.68 bits per heavy atom. The Morgan fingerprint density at radius 2 is 2.47 bits per heavy atom. The van der Waals surface area contributed by atoms with Gasteiger partial charge < -0.3 is 16.0 Å². The summed E-state index contributed by atoms with van der Waals surface area (Å²) in [5, 5.41) is 3.25. The van der Waals surface area contributed by atoms with E-state index >= 15 is 0 Å². The summed E-state index contributed by atoms with van der Waals surface area (Å²) < 4.78 is 0. The van der Waals surface area contributed by atoms with E-state index in [-0.39, 0.29) is 5.91 Å². The first-order valence-corrected chi connectivity index (χ1v) is 6.82. The number of aromatic nitrogens is 1. The molecule has 0 aromatic carbocycles. The molecule has 3 N–H and O–H groups in total. The van der Waals surface area contributed by atoms with Crippen LogP contribution in [0.3, 0.4) is 0 Å². The van der Waals surface area contributed by atoms with Crippen molar-refractivity contribution in [2.75, 3.05) is 32.4 Å². The molecule has 104 valence electrons. The summed E-state index contributed by atoms with van der Waals surface area (Å²) in [5.41, 5.74) is 5.95. The lowest BCUT2D eigenvalue weighted by Gasteiger charge is -2.29. The molecule has 1 saturated heterocycles. The van der Waals surface area contributed by atoms with E-state index in [0.717, 1.165) is 19.5 Å². The zero-order valence-electron chi connectivity index (χ0n) is 11.0. The summed E-state index contributed by atoms with van der Waals surface area (Å²) in [4.78, 5) is 18.2. The number of nitrogen functional groups attached to an aromatic ring is 1. The van der Waals surface area contributed by atoms with E-state index in [1.807, 2.05) is 0 Å². The van der Waals surface area contributed by atoms with Gasteiger partial charge in [-0.25, -0.2) is 4.98 Å². The fourth-order valence-electron chi connectivity index (χ4n) is 2.40. The number of pyridine rings is 1. The van der Waals surface area contributed by atoms with Crippen LogP contribution in [-0.4, -0.2) is 42.5 Å². The van der Waals surface area contributed by atoms with Gasteiger partial charge in [-0.3, -0.25) is 4.79 Å². The topological polar surface area (TPSA) is 71.2 Å². The van der Waals surface area contributed by atoms with Gasteiger partial charge in [-0.2, -0.15) is 0 Å². The molecule has 1 aromatic heterocycles. The Balaban J connectivity index is 1.92. The number of amides is 1. The third-order valence-corrected chi connectivity index (χ3v) is 3.70. The monoisotopic (exact) mass is 282 g/mol. The summed E-state index contributed by atoms with van der Waals surface area (Å²) in [6.45, 7) is 2.82. The van der Waals surface area contributed by atoms with Crippen LogP contribution < -0.4 is 11.1 Å². The number of hydrogen-bond acceptors (Lipinski definition) is 4. The van der Waals surface area contributed by atoms with Crippen molar-refractivity contribution in [3.05, 3.63) is 22.8 Å². The Hall–Kier alpha value is -1.33. The molecule has 0 bridgehead atoms. The largest absolute Gasteiger partial charge is 0.384 e. The minimum atomic E-state index is -0.188. The molecule has 1 fully saturated rings. The molecule has 19 heavy (non-hydrogen) atoms. The molecular formula is C13H19ClN4O. The second-order valence-electron chi connectivity index (χ2n) is 5.07. The van der Waals surface area contributed by atoms with Crippen LogP contribution in [0, 0.1) is 5.92 Å². The first-order chi connectivity index (χ1) is 9.06. The highest BCUT2D eigenvalue weighted by atomic mass is 35.5. The average Bonchev–Trinajstić information content (AvgIpc) is 2.39. The number of hydrogen-bond donors (Lipinski definition) is 2. The standard InChI is InChI=1S/C13H19ClN4O/c1-18-4-2-3-9(8-18)6-17-13(19)10-5-12(15)16-7-11(10)14/h5,7,9H,2-4,6,8H2,1H3,(H2,15,16)(H,17,19). The molecular weight excluding hydrogens is 264 g/mol. The lowest BCUT2D eigenvalue weighted by atomic mass is 9.98. The third kappa shape index (κ3) is 3.81. The minimum Gasteiger partial charge on any atom is -0.384 e. The number of rotatable bonds is 3. The fraction of sp³-hybridized carbons (Fsp3) is 0.538. The summed E-state index contributed by atoms with van der Waals surface area (Å²) in [7, 11) is 2.11. The number of anilines is 1. The predicted octanol–water partition coefficient (Wildman–Crippen LogP) is 1.39. The van der Waals surface area contributed by atoms with E-state index in [1.165, 1.54) is 18.7 Å². The van der Waals surface area contributed by atoms with E-state index in [0.29, 0.717) is 28.9 Å². The van der Waals surface area contributed by atoms with Gasteiger partial charge in [0.15, 0.2) is 0 Å². The van der Waals surface area contributed by atoms with Crippen molar-refractivity contribution >= 4 is 23.3 Å². The van der Waals surface area contributed by atoms with E-state index in [9.17, 15) is 4.79 Å². The van der Waals surface area contributed by atoms with Gasteiger partial charge in [0, 0.05) is 19.3 Å². The molecule has 1 aliphatic rings. The maximum absolute atomic E-state index is 12.0. The van der Waals surface area contributed by atoms with Gasteiger partial charge >= 0.3 is 0 Å². The van der Waals surface area contributed by atoms with Crippen LogP contribution in [0.15, 0.2) is 12.3 Å². The van der Waals surface area contributed by atoms with E-state index in [1.54, 1.807) is 0 Å². The molecule has 0 saturated carbocycles. The quantitative estimate of drug-likeness (QED) is 0.879. The third-order valence-electron chi connectivity index (χ3n) is 3.39. The Bertz CT molecular complexity index is 466. The molecule has 0 spiro atoms. The Kier molecular flexibility index (Phi) is 4.61. The van der Waals surface area contributed by atoms with Crippen molar-refractivity contribution in [2.24, 2.45) is 5.92 Å². The van der Waals surface area contributed by atoms with E-state index < -0.39 is 0 Å². The Morgan fingerprint density at radius 3 is 3.21 bits per heavy atom. The van der Waals surface area contributed by atoms with E-state index in [4.69, 9.17) is 17.3 Å². The molecule has 1 amide bonds. The lowest BCUT2D eigenvalue weighted by Crippen LogP contribution is -2.39. The highest BCUT2D eigenvalue weighted by molar-refractivity contribution is 6.33. The van der Waals surface area contributed by atoms with Crippen molar-refractivity contribution in [1.82, 2.24) is 15.2 Å². The normalized spacial score (nSPS) is 20.2. The second-order valence-corrected chi connectivity index (χ2v) is 5.48. The first kappa shape index (κ1) is 14.1. The van der Waals surface area contributed by atoms with Gasteiger partial charge in [0.1, 0.15) is 5.82 Å². The maximum atomic E-state index is 12.0. The molecule has 2 heterocycles. The number of carbonyl (C=O) groups is 1. The number of carbonyl (C=O) groups excluding carboxylic acids is 1. The molecule has 0 radical (unpaired) electrons. The van der Waals surface area contributed by atoms with Crippen molar-refractivity contribution in [3.63, 3.8) is 0 Å². The molecule has 1 atom stereocenters. The fourth-order valence-corrected chi connectivity index (χ4v) is 2.59. The highest BCUT2D eigenvalue weighted by Crippen LogP contribution is 2.17. The van der Waals surface area contributed by atoms with Crippen LogP contribution in [0.4, 0.5) is 5.82 Å². The predicted molar refractivity (Wildman–Crippen MR) is 76.2 cm³/mol. The molecule has 5 nitrogen and oxygen atoms in total. The maximum Gasteiger partial charge on any atom is 0.253 e. The molecule has 0 aliphatic carbocycles. The lowest BCUT2D eigenvalue weighted by molar-refractivity contribution is 0.0937. The zero-order valence-corrected chi connectivity index (χ0v) is 11.8. The SMILES string of the molecule is CN1CCCC(CNC(=O)c2cc(N)ncc2Cl)C1. The van der Waals surface area contributed by atoms with Gasteiger partial charge in [0.2, 0.25) is 0 Å². The van der Waals surface area contributed by atoms with Crippen molar-refractivity contribution in [1.29, 1.82) is 0 Å². The van der Waals surface area contributed by atoms with Crippen molar-refractivity contribution in [3.8, 4) is 0 Å². The van der Waals surface area contributed by atoms with Gasteiger partial charge in [-0.1, -0.05) is 11.6 Å². The van der Waals surface area contributed by atoms with Gasteiger partial charge in [0.25, 0.3) is 5.91 Å². The van der Waals surface area contributed by atoms with Gasteiger partial charge in [0.05, 0.1) is 10.6 Å². The molecule has 1 unspecified atom stereocenters. The van der Waals surface area contributed by atoms with Gasteiger partial charge in [-0.15, -0.1) is 0 Å². The van der Waals surface area contributed by atoms with Crippen molar-refractivity contribution < 1.29 is 4.79 Å². The van der Waals surface area contributed by atoms with Crippen molar-refractivity contribution in [2.45, 2.75) is 12.8 Å². The average molecular weight is 283 g/mol. The number of nitrogens with one attached hydrogen (secondary N) is 1. The summed E-state index contributed by atoms with van der Waals surface area (Å²) in [6, 6.07) is 1.50. The number of nitrogens with two attached hydrogens (primary N) is 1. The van der Waals surface area contributed by atoms with E-state index in [2.05, 4.69) is 22.2 Å². The van der Waals surface area contributed by atoms with Crippen LogP contribution in [0.5, 0.6) is 0 Å². The molecule has 2 rings (SSSR count). The first-order valence-electron chi connectivity index (χ1n) is 6.44. The summed E-state index contributed by atoms with van der Waals surface area (Å²) >= 11 is 5.95. The second kappa shape index (κ2) is 6.21. The molecule has 6 heteroatoms. The van der Waals surface area contributed by atoms with Crippen LogP contribution in [0.25, 0.3) is 0 Å². The summed E-state index contributed by atoms with van der Waals surface area (Å²) in [5.74, 6) is 0.611. The number of nitrogens with zero attached hydrogens (tertiary/aromatic N) is 2.